The van der Waals surface area contributed by atoms with Crippen molar-refractivity contribution in [2.24, 2.45) is 0 Å². The number of allylic oxidation sites excluding steroid dienone is 4. The van der Waals surface area contributed by atoms with Crippen molar-refractivity contribution < 1.29 is 50.0 Å². The van der Waals surface area contributed by atoms with Crippen LogP contribution in [-0.2, 0) is 14.3 Å². The van der Waals surface area contributed by atoms with E-state index in [1.807, 2.05) is 0 Å². The standard InChI is InChI=1S/C43H81NO10/c1-3-5-7-9-11-12-13-14-15-16-17-18-19-20-21-22-23-25-27-29-31-36(47)42(52)44-34(38(48)35(46)30-28-26-24-10-8-6-4-2)33-53-43-41(51)40(50)39(49)37(32-45)54-43/h5,7,11-12,34-41,43,45-51H,3-4,6,8-10,13-33H2,1-2H3,(H,44,52)/b7-5-,12-11-. The highest BCUT2D eigenvalue weighted by Gasteiger charge is 2.44. The van der Waals surface area contributed by atoms with Crippen LogP contribution >= 0.6 is 0 Å². The molecule has 1 heterocycles. The first-order chi connectivity index (χ1) is 26.2. The first-order valence-electron chi connectivity index (χ1n) is 21.7. The predicted molar refractivity (Wildman–Crippen MR) is 215 cm³/mol. The van der Waals surface area contributed by atoms with Crippen LogP contribution in [0, 0.1) is 0 Å². The molecule has 9 unspecified atom stereocenters. The Balaban J connectivity index is 2.37. The third-order valence-corrected chi connectivity index (χ3v) is 10.5. The number of hydrogen-bond acceptors (Lipinski definition) is 10. The number of ether oxygens (including phenoxy) is 2. The zero-order valence-corrected chi connectivity index (χ0v) is 34.0. The Morgan fingerprint density at radius 3 is 1.74 bits per heavy atom. The van der Waals surface area contributed by atoms with E-state index < -0.39 is 74.2 Å². The van der Waals surface area contributed by atoms with Gasteiger partial charge in [-0.1, -0.05) is 160 Å². The summed E-state index contributed by atoms with van der Waals surface area (Å²) in [5.74, 6) is -0.702. The second-order valence-electron chi connectivity index (χ2n) is 15.4. The lowest BCUT2D eigenvalue weighted by Crippen LogP contribution is -2.60. The minimum atomic E-state index is -1.66. The topological polar surface area (TPSA) is 189 Å². The molecule has 318 valence electrons. The van der Waals surface area contributed by atoms with E-state index in [1.54, 1.807) is 0 Å². The SMILES string of the molecule is CC/C=C\C/C=C\CCCCCCCCCCCCCCCC(O)C(=O)NC(COC1OC(CO)C(O)C(O)C1O)C(O)C(O)CCCCCCCCC. The molecular weight excluding hydrogens is 690 g/mol. The summed E-state index contributed by atoms with van der Waals surface area (Å²) in [4.78, 5) is 13.0. The minimum absolute atomic E-state index is 0.259. The van der Waals surface area contributed by atoms with Crippen LogP contribution in [0.4, 0.5) is 0 Å². The monoisotopic (exact) mass is 772 g/mol. The molecule has 1 amide bonds. The summed E-state index contributed by atoms with van der Waals surface area (Å²) in [7, 11) is 0. The van der Waals surface area contributed by atoms with Crippen molar-refractivity contribution in [1.82, 2.24) is 5.32 Å². The van der Waals surface area contributed by atoms with E-state index in [4.69, 9.17) is 9.47 Å². The molecule has 11 heteroatoms. The van der Waals surface area contributed by atoms with Crippen molar-refractivity contribution >= 4 is 5.91 Å². The van der Waals surface area contributed by atoms with Crippen LogP contribution in [0.15, 0.2) is 24.3 Å². The van der Waals surface area contributed by atoms with Gasteiger partial charge in [0, 0.05) is 0 Å². The Hall–Kier alpha value is -1.41. The molecule has 0 aromatic heterocycles. The molecule has 0 saturated carbocycles. The van der Waals surface area contributed by atoms with E-state index in [2.05, 4.69) is 43.5 Å². The lowest BCUT2D eigenvalue weighted by atomic mass is 9.98. The molecular formula is C43H81NO10. The van der Waals surface area contributed by atoms with E-state index in [0.717, 1.165) is 57.8 Å². The Morgan fingerprint density at radius 2 is 1.19 bits per heavy atom. The van der Waals surface area contributed by atoms with Crippen molar-refractivity contribution in [2.75, 3.05) is 13.2 Å². The molecule has 0 aromatic rings. The third-order valence-electron chi connectivity index (χ3n) is 10.5. The first kappa shape index (κ1) is 50.6. The van der Waals surface area contributed by atoms with Crippen LogP contribution in [0.25, 0.3) is 0 Å². The number of amides is 1. The van der Waals surface area contributed by atoms with Gasteiger partial charge in [-0.25, -0.2) is 0 Å². The fourth-order valence-corrected chi connectivity index (χ4v) is 6.89. The maximum atomic E-state index is 13.0. The molecule has 0 radical (unpaired) electrons. The Morgan fingerprint density at radius 1 is 0.667 bits per heavy atom. The number of carbonyl (C=O) groups is 1. The number of hydrogen-bond donors (Lipinski definition) is 8. The molecule has 9 atom stereocenters. The van der Waals surface area contributed by atoms with Gasteiger partial charge in [-0.2, -0.15) is 0 Å². The second-order valence-corrected chi connectivity index (χ2v) is 15.4. The van der Waals surface area contributed by atoms with Crippen LogP contribution < -0.4 is 5.32 Å². The lowest BCUT2D eigenvalue weighted by molar-refractivity contribution is -0.303. The van der Waals surface area contributed by atoms with E-state index >= 15 is 0 Å². The van der Waals surface area contributed by atoms with Crippen molar-refractivity contribution in [1.29, 1.82) is 0 Å². The van der Waals surface area contributed by atoms with Crippen LogP contribution in [0.5, 0.6) is 0 Å². The van der Waals surface area contributed by atoms with Crippen molar-refractivity contribution in [3.63, 3.8) is 0 Å². The molecule has 1 fully saturated rings. The third kappa shape index (κ3) is 23.6. The minimum Gasteiger partial charge on any atom is -0.394 e. The molecule has 1 rings (SSSR count). The van der Waals surface area contributed by atoms with Gasteiger partial charge in [0.1, 0.15) is 36.6 Å². The molecule has 1 aliphatic heterocycles. The normalized spacial score (nSPS) is 22.9. The maximum absolute atomic E-state index is 13.0. The van der Waals surface area contributed by atoms with Crippen molar-refractivity contribution in [3.8, 4) is 0 Å². The Bertz CT molecular complexity index is 934. The summed E-state index contributed by atoms with van der Waals surface area (Å²) in [5, 5.41) is 75.2. The van der Waals surface area contributed by atoms with E-state index in [0.29, 0.717) is 19.3 Å². The summed E-state index contributed by atoms with van der Waals surface area (Å²) in [6, 6.07) is -1.16. The van der Waals surface area contributed by atoms with Gasteiger partial charge in [0.05, 0.1) is 25.4 Å². The van der Waals surface area contributed by atoms with Gasteiger partial charge in [0.2, 0.25) is 5.91 Å². The highest BCUT2D eigenvalue weighted by Crippen LogP contribution is 2.23. The van der Waals surface area contributed by atoms with E-state index in [9.17, 15) is 40.5 Å². The van der Waals surface area contributed by atoms with Crippen molar-refractivity contribution in [3.05, 3.63) is 24.3 Å². The summed E-state index contributed by atoms with van der Waals surface area (Å²) < 4.78 is 11.0. The lowest BCUT2D eigenvalue weighted by Gasteiger charge is -2.40. The second kappa shape index (κ2) is 33.7. The smallest absolute Gasteiger partial charge is 0.249 e. The molecule has 0 aliphatic carbocycles. The van der Waals surface area contributed by atoms with Crippen molar-refractivity contribution in [2.45, 2.75) is 229 Å². The fraction of sp³-hybridized carbons (Fsp3) is 0.884. The van der Waals surface area contributed by atoms with Crippen LogP contribution in [0.2, 0.25) is 0 Å². The molecule has 1 aliphatic rings. The molecule has 11 nitrogen and oxygen atoms in total. The number of unbranched alkanes of at least 4 members (excludes halogenated alkanes) is 19. The molecule has 0 bridgehead atoms. The zero-order valence-electron chi connectivity index (χ0n) is 34.0. The van der Waals surface area contributed by atoms with Gasteiger partial charge in [0.25, 0.3) is 0 Å². The summed E-state index contributed by atoms with van der Waals surface area (Å²) in [5.41, 5.74) is 0. The Labute approximate surface area is 327 Å². The largest absolute Gasteiger partial charge is 0.394 e. The van der Waals surface area contributed by atoms with Crippen LogP contribution in [0.1, 0.15) is 174 Å². The zero-order chi connectivity index (χ0) is 39.8. The number of carbonyl (C=O) groups excluding carboxylic acids is 1. The van der Waals surface area contributed by atoms with Gasteiger partial charge in [-0.3, -0.25) is 4.79 Å². The highest BCUT2D eigenvalue weighted by molar-refractivity contribution is 5.80. The number of aliphatic hydroxyl groups excluding tert-OH is 7. The summed E-state index contributed by atoms with van der Waals surface area (Å²) in [6.07, 6.45) is 24.1. The van der Waals surface area contributed by atoms with Gasteiger partial charge in [-0.05, 0) is 38.5 Å². The van der Waals surface area contributed by atoms with Crippen LogP contribution in [-0.4, -0.2) is 110 Å². The summed E-state index contributed by atoms with van der Waals surface area (Å²) in [6.45, 7) is 3.26. The number of rotatable bonds is 35. The van der Waals surface area contributed by atoms with Crippen LogP contribution in [0.3, 0.4) is 0 Å². The highest BCUT2D eigenvalue weighted by atomic mass is 16.7. The molecule has 8 N–H and O–H groups in total. The molecule has 0 aromatic carbocycles. The fourth-order valence-electron chi connectivity index (χ4n) is 6.89. The molecule has 54 heavy (non-hydrogen) atoms. The van der Waals surface area contributed by atoms with Gasteiger partial charge in [0.15, 0.2) is 6.29 Å². The van der Waals surface area contributed by atoms with Gasteiger partial charge in [-0.15, -0.1) is 0 Å². The number of nitrogens with one attached hydrogen (secondary N) is 1. The summed E-state index contributed by atoms with van der Waals surface area (Å²) >= 11 is 0. The van der Waals surface area contributed by atoms with E-state index in [1.165, 1.54) is 77.0 Å². The number of aliphatic hydroxyl groups is 7. The first-order valence-corrected chi connectivity index (χ1v) is 21.7. The quantitative estimate of drug-likeness (QED) is 0.0269. The van der Waals surface area contributed by atoms with Gasteiger partial charge < -0.3 is 50.5 Å². The maximum Gasteiger partial charge on any atom is 0.249 e. The molecule has 1 saturated heterocycles. The predicted octanol–water partition coefficient (Wildman–Crippen LogP) is 6.28. The average molecular weight is 772 g/mol. The van der Waals surface area contributed by atoms with E-state index in [-0.39, 0.29) is 6.42 Å². The Kier molecular flexibility index (Phi) is 31.6. The van der Waals surface area contributed by atoms with Gasteiger partial charge >= 0.3 is 0 Å². The average Bonchev–Trinajstić information content (AvgIpc) is 3.17. The molecule has 0 spiro atoms.